The zero-order chi connectivity index (χ0) is 15.4. The van der Waals surface area contributed by atoms with Gasteiger partial charge in [0.2, 0.25) is 0 Å². The minimum atomic E-state index is 0.810. The monoisotopic (exact) mass is 358 g/mol. The highest BCUT2D eigenvalue weighted by molar-refractivity contribution is 9.10. The number of anilines is 1. The third kappa shape index (κ3) is 3.57. The highest BCUT2D eigenvalue weighted by Crippen LogP contribution is 2.25. The van der Waals surface area contributed by atoms with Gasteiger partial charge in [-0.1, -0.05) is 18.2 Å². The first-order valence-electron chi connectivity index (χ1n) is 7.46. The summed E-state index contributed by atoms with van der Waals surface area (Å²) in [5, 5.41) is 0. The molecule has 4 heteroatoms. The summed E-state index contributed by atoms with van der Waals surface area (Å²) in [5.74, 6) is 0. The van der Waals surface area contributed by atoms with Gasteiger partial charge in [-0.25, -0.2) is 0 Å². The number of ether oxygens (including phenoxy) is 1. The van der Waals surface area contributed by atoms with Gasteiger partial charge in [-0.3, -0.25) is 4.99 Å². The van der Waals surface area contributed by atoms with Crippen molar-refractivity contribution in [3.8, 4) is 0 Å². The van der Waals surface area contributed by atoms with Crippen LogP contribution in [0, 0.1) is 6.92 Å². The van der Waals surface area contributed by atoms with E-state index in [0.717, 1.165) is 42.0 Å². The molecule has 1 aliphatic rings. The van der Waals surface area contributed by atoms with Crippen LogP contribution in [0.25, 0.3) is 0 Å². The smallest absolute Gasteiger partial charge is 0.0771 e. The van der Waals surface area contributed by atoms with Crippen molar-refractivity contribution in [3.05, 3.63) is 58.1 Å². The maximum absolute atomic E-state index is 5.41. The van der Waals surface area contributed by atoms with E-state index in [-0.39, 0.29) is 0 Å². The van der Waals surface area contributed by atoms with Gasteiger partial charge in [0.25, 0.3) is 0 Å². The van der Waals surface area contributed by atoms with Crippen LogP contribution in [0.2, 0.25) is 0 Å². The quantitative estimate of drug-likeness (QED) is 0.762. The molecule has 3 nitrogen and oxygen atoms in total. The predicted octanol–water partition coefficient (Wildman–Crippen LogP) is 4.34. The molecule has 2 aromatic rings. The fraction of sp³-hybridized carbons (Fsp3) is 0.278. The molecule has 1 aliphatic heterocycles. The lowest BCUT2D eigenvalue weighted by molar-refractivity contribution is 0.122. The summed E-state index contributed by atoms with van der Waals surface area (Å²) < 4.78 is 6.41. The van der Waals surface area contributed by atoms with E-state index in [2.05, 4.69) is 50.9 Å². The maximum atomic E-state index is 5.41. The van der Waals surface area contributed by atoms with Crippen LogP contribution in [-0.2, 0) is 4.74 Å². The fourth-order valence-electron chi connectivity index (χ4n) is 2.52. The minimum Gasteiger partial charge on any atom is -0.378 e. The number of hydrogen-bond acceptors (Lipinski definition) is 3. The second kappa shape index (κ2) is 7.07. The van der Waals surface area contributed by atoms with E-state index in [1.807, 2.05) is 30.5 Å². The molecule has 2 aromatic carbocycles. The summed E-state index contributed by atoms with van der Waals surface area (Å²) in [5.41, 5.74) is 4.59. The zero-order valence-corrected chi connectivity index (χ0v) is 14.2. The van der Waals surface area contributed by atoms with Crippen molar-refractivity contribution in [2.75, 3.05) is 31.2 Å². The number of hydrogen-bond donors (Lipinski definition) is 0. The van der Waals surface area contributed by atoms with Crippen LogP contribution in [0.5, 0.6) is 0 Å². The van der Waals surface area contributed by atoms with Crippen LogP contribution >= 0.6 is 15.9 Å². The Hall–Kier alpha value is -1.65. The van der Waals surface area contributed by atoms with E-state index in [1.165, 1.54) is 11.3 Å². The van der Waals surface area contributed by atoms with E-state index < -0.39 is 0 Å². The summed E-state index contributed by atoms with van der Waals surface area (Å²) in [6, 6.07) is 14.5. The van der Waals surface area contributed by atoms with E-state index in [4.69, 9.17) is 4.74 Å². The summed E-state index contributed by atoms with van der Waals surface area (Å²) in [6.07, 6.45) is 1.93. The van der Waals surface area contributed by atoms with Crippen molar-refractivity contribution in [2.45, 2.75) is 6.92 Å². The minimum absolute atomic E-state index is 0.810. The average molecular weight is 359 g/mol. The van der Waals surface area contributed by atoms with Gasteiger partial charge in [-0.05, 0) is 58.2 Å². The number of rotatable bonds is 3. The molecule has 0 bridgehead atoms. The Labute approximate surface area is 139 Å². The van der Waals surface area contributed by atoms with Crippen LogP contribution in [0.15, 0.2) is 51.9 Å². The molecule has 0 N–H and O–H groups in total. The van der Waals surface area contributed by atoms with Gasteiger partial charge in [0, 0.05) is 29.5 Å². The third-order valence-electron chi connectivity index (χ3n) is 3.82. The van der Waals surface area contributed by atoms with Crippen molar-refractivity contribution >= 4 is 33.5 Å². The standard InChI is InChI=1S/C18H19BrN2O/c1-14-12-16(21-8-10-22-11-9-21)7-6-15(14)13-20-18-5-3-2-4-17(18)19/h2-7,12-13H,8-11H2,1H3. The first-order chi connectivity index (χ1) is 10.7. The number of benzene rings is 2. The van der Waals surface area contributed by atoms with Crippen molar-refractivity contribution in [1.82, 2.24) is 0 Å². The second-order valence-electron chi connectivity index (χ2n) is 5.35. The van der Waals surface area contributed by atoms with Gasteiger partial charge in [0.1, 0.15) is 0 Å². The highest BCUT2D eigenvalue weighted by atomic mass is 79.9. The largest absolute Gasteiger partial charge is 0.378 e. The summed E-state index contributed by atoms with van der Waals surface area (Å²) in [7, 11) is 0. The van der Waals surface area contributed by atoms with E-state index in [0.29, 0.717) is 0 Å². The van der Waals surface area contributed by atoms with Crippen LogP contribution in [0.1, 0.15) is 11.1 Å². The lowest BCUT2D eigenvalue weighted by Crippen LogP contribution is -2.36. The van der Waals surface area contributed by atoms with Crippen molar-refractivity contribution in [1.29, 1.82) is 0 Å². The number of nitrogens with zero attached hydrogens (tertiary/aromatic N) is 2. The Morgan fingerprint density at radius 2 is 1.91 bits per heavy atom. The molecule has 0 saturated carbocycles. The van der Waals surface area contributed by atoms with E-state index in [9.17, 15) is 0 Å². The van der Waals surface area contributed by atoms with Crippen LogP contribution in [0.4, 0.5) is 11.4 Å². The van der Waals surface area contributed by atoms with Gasteiger partial charge in [-0.15, -0.1) is 0 Å². The first-order valence-corrected chi connectivity index (χ1v) is 8.25. The molecule has 1 saturated heterocycles. The van der Waals surface area contributed by atoms with E-state index in [1.54, 1.807) is 0 Å². The molecule has 0 aliphatic carbocycles. The molecule has 0 amide bonds. The third-order valence-corrected chi connectivity index (χ3v) is 4.50. The summed E-state index contributed by atoms with van der Waals surface area (Å²) in [4.78, 5) is 6.94. The van der Waals surface area contributed by atoms with Gasteiger partial charge in [0.15, 0.2) is 0 Å². The zero-order valence-electron chi connectivity index (χ0n) is 12.6. The molecule has 0 atom stereocenters. The molecule has 114 valence electrons. The van der Waals surface area contributed by atoms with Gasteiger partial charge in [-0.2, -0.15) is 0 Å². The lowest BCUT2D eigenvalue weighted by atomic mass is 10.1. The molecular formula is C18H19BrN2O. The van der Waals surface area contributed by atoms with Crippen molar-refractivity contribution in [2.24, 2.45) is 4.99 Å². The molecule has 0 radical (unpaired) electrons. The molecule has 0 aromatic heterocycles. The molecule has 3 rings (SSSR count). The summed E-state index contributed by atoms with van der Waals surface area (Å²) >= 11 is 3.52. The number of para-hydroxylation sites is 1. The number of morpholine rings is 1. The van der Waals surface area contributed by atoms with Crippen molar-refractivity contribution < 1.29 is 4.74 Å². The molecular weight excluding hydrogens is 340 g/mol. The Bertz CT molecular complexity index is 679. The number of halogens is 1. The maximum Gasteiger partial charge on any atom is 0.0771 e. The molecule has 1 fully saturated rings. The normalized spacial score (nSPS) is 15.5. The second-order valence-corrected chi connectivity index (χ2v) is 6.20. The van der Waals surface area contributed by atoms with Gasteiger partial charge < -0.3 is 9.64 Å². The molecule has 0 spiro atoms. The molecule has 1 heterocycles. The highest BCUT2D eigenvalue weighted by Gasteiger charge is 2.11. The topological polar surface area (TPSA) is 24.8 Å². The molecule has 22 heavy (non-hydrogen) atoms. The molecule has 0 unspecified atom stereocenters. The Kier molecular flexibility index (Phi) is 4.90. The van der Waals surface area contributed by atoms with Gasteiger partial charge >= 0.3 is 0 Å². The van der Waals surface area contributed by atoms with Crippen molar-refractivity contribution in [3.63, 3.8) is 0 Å². The first kappa shape index (κ1) is 15.3. The lowest BCUT2D eigenvalue weighted by Gasteiger charge is -2.29. The Balaban J connectivity index is 1.79. The van der Waals surface area contributed by atoms with E-state index >= 15 is 0 Å². The number of aliphatic imine (C=N–C) groups is 1. The number of aryl methyl sites for hydroxylation is 1. The Morgan fingerprint density at radius 1 is 1.14 bits per heavy atom. The Morgan fingerprint density at radius 3 is 2.64 bits per heavy atom. The van der Waals surface area contributed by atoms with Crippen LogP contribution < -0.4 is 4.90 Å². The van der Waals surface area contributed by atoms with Crippen LogP contribution in [0.3, 0.4) is 0 Å². The average Bonchev–Trinajstić information content (AvgIpc) is 2.56. The van der Waals surface area contributed by atoms with Gasteiger partial charge in [0.05, 0.1) is 18.9 Å². The van der Waals surface area contributed by atoms with Crippen LogP contribution in [-0.4, -0.2) is 32.5 Å². The SMILES string of the molecule is Cc1cc(N2CCOCC2)ccc1C=Nc1ccccc1Br. The summed E-state index contributed by atoms with van der Waals surface area (Å²) in [6.45, 7) is 5.67. The fourth-order valence-corrected chi connectivity index (χ4v) is 2.91. The predicted molar refractivity (Wildman–Crippen MR) is 95.6 cm³/mol.